The highest BCUT2D eigenvalue weighted by molar-refractivity contribution is 6.31. The van der Waals surface area contributed by atoms with Crippen molar-refractivity contribution in [3.05, 3.63) is 35.5 Å². The number of hydrogen-bond donors (Lipinski definition) is 0. The van der Waals surface area contributed by atoms with Gasteiger partial charge in [-0.15, -0.1) is 0 Å². The molecule has 0 aliphatic rings. The van der Waals surface area contributed by atoms with E-state index in [-0.39, 0.29) is 6.54 Å². The van der Waals surface area contributed by atoms with Crippen molar-refractivity contribution >= 4 is 22.5 Å². The van der Waals surface area contributed by atoms with Crippen LogP contribution in [0.2, 0.25) is 5.02 Å². The molecule has 86 valence electrons. The number of aryl methyl sites for hydroxylation is 1. The molecule has 5 heteroatoms. The van der Waals surface area contributed by atoms with Crippen LogP contribution in [0, 0.1) is 0 Å². The van der Waals surface area contributed by atoms with Crippen molar-refractivity contribution in [3.8, 4) is 0 Å². The Morgan fingerprint density at radius 3 is 2.62 bits per heavy atom. The first-order valence-electron chi connectivity index (χ1n) is 4.77. The minimum Gasteiger partial charge on any atom is -0.347 e. The number of alkyl halides is 3. The fourth-order valence-corrected chi connectivity index (χ4v) is 1.79. The van der Waals surface area contributed by atoms with Gasteiger partial charge < -0.3 is 4.57 Å². The van der Waals surface area contributed by atoms with Crippen LogP contribution >= 0.6 is 11.6 Å². The van der Waals surface area contributed by atoms with Crippen molar-refractivity contribution < 1.29 is 13.2 Å². The van der Waals surface area contributed by atoms with Crippen LogP contribution in [0.4, 0.5) is 13.2 Å². The number of halogens is 4. The van der Waals surface area contributed by atoms with Gasteiger partial charge in [0, 0.05) is 28.7 Å². The van der Waals surface area contributed by atoms with Gasteiger partial charge in [0.1, 0.15) is 0 Å². The summed E-state index contributed by atoms with van der Waals surface area (Å²) < 4.78 is 37.8. The number of aromatic nitrogens is 1. The molecular weight excluding hydrogens is 239 g/mol. The molecule has 0 radical (unpaired) electrons. The molecule has 1 nitrogen and oxygen atoms in total. The second-order valence-corrected chi connectivity index (χ2v) is 4.01. The van der Waals surface area contributed by atoms with E-state index in [2.05, 4.69) is 0 Å². The van der Waals surface area contributed by atoms with Gasteiger partial charge in [-0.1, -0.05) is 11.6 Å². The van der Waals surface area contributed by atoms with Crippen molar-refractivity contribution in [2.45, 2.75) is 19.1 Å². The van der Waals surface area contributed by atoms with Crippen molar-refractivity contribution in [1.82, 2.24) is 4.57 Å². The Morgan fingerprint density at radius 2 is 1.94 bits per heavy atom. The predicted octanol–water partition coefficient (Wildman–Crippen LogP) is 4.25. The molecule has 0 N–H and O–H groups in total. The Hall–Kier alpha value is -1.16. The molecule has 2 aromatic rings. The molecular formula is C11H9ClF3N. The average molecular weight is 248 g/mol. The number of benzene rings is 1. The molecule has 0 unspecified atom stereocenters. The third-order valence-electron chi connectivity index (χ3n) is 2.37. The van der Waals surface area contributed by atoms with E-state index in [1.807, 2.05) is 0 Å². The van der Waals surface area contributed by atoms with Crippen LogP contribution in [-0.2, 0) is 6.54 Å². The van der Waals surface area contributed by atoms with Crippen LogP contribution in [0.15, 0.2) is 30.5 Å². The maximum atomic E-state index is 12.1. The highest BCUT2D eigenvalue weighted by atomic mass is 35.5. The monoisotopic (exact) mass is 247 g/mol. The molecule has 0 aliphatic carbocycles. The van der Waals surface area contributed by atoms with E-state index in [9.17, 15) is 13.2 Å². The lowest BCUT2D eigenvalue weighted by Crippen LogP contribution is -2.11. The van der Waals surface area contributed by atoms with Crippen LogP contribution in [-0.4, -0.2) is 10.7 Å². The van der Waals surface area contributed by atoms with Crippen LogP contribution in [0.5, 0.6) is 0 Å². The zero-order valence-electron chi connectivity index (χ0n) is 8.26. The van der Waals surface area contributed by atoms with Gasteiger partial charge in [-0.05, 0) is 24.3 Å². The van der Waals surface area contributed by atoms with Crippen LogP contribution in [0.25, 0.3) is 10.9 Å². The zero-order chi connectivity index (χ0) is 11.8. The molecule has 2 rings (SSSR count). The maximum Gasteiger partial charge on any atom is 0.390 e. The summed E-state index contributed by atoms with van der Waals surface area (Å²) in [6, 6.07) is 6.90. The van der Waals surface area contributed by atoms with Gasteiger partial charge in [-0.2, -0.15) is 13.2 Å². The van der Waals surface area contributed by atoms with Gasteiger partial charge in [-0.25, -0.2) is 0 Å². The molecule has 0 aliphatic heterocycles. The topological polar surface area (TPSA) is 4.93 Å². The van der Waals surface area contributed by atoms with E-state index >= 15 is 0 Å². The summed E-state index contributed by atoms with van der Waals surface area (Å²) in [5, 5.41) is 1.44. The number of hydrogen-bond acceptors (Lipinski definition) is 0. The van der Waals surface area contributed by atoms with E-state index < -0.39 is 12.6 Å². The zero-order valence-corrected chi connectivity index (χ0v) is 9.02. The molecule has 0 atom stereocenters. The Morgan fingerprint density at radius 1 is 1.19 bits per heavy atom. The summed E-state index contributed by atoms with van der Waals surface area (Å²) in [5.74, 6) is 0. The van der Waals surface area contributed by atoms with E-state index in [4.69, 9.17) is 11.6 Å². The first-order chi connectivity index (χ1) is 7.46. The molecule has 1 aromatic carbocycles. The third kappa shape index (κ3) is 2.50. The minimum absolute atomic E-state index is 0.0609. The number of rotatable bonds is 2. The largest absolute Gasteiger partial charge is 0.390 e. The lowest BCUT2D eigenvalue weighted by atomic mass is 10.2. The Labute approximate surface area is 95.4 Å². The molecule has 0 fully saturated rings. The Balaban J connectivity index is 2.25. The van der Waals surface area contributed by atoms with E-state index in [1.165, 1.54) is 0 Å². The predicted molar refractivity (Wildman–Crippen MR) is 57.6 cm³/mol. The molecule has 1 aromatic heterocycles. The van der Waals surface area contributed by atoms with Crippen LogP contribution < -0.4 is 0 Å². The molecule has 0 bridgehead atoms. The average Bonchev–Trinajstić information content (AvgIpc) is 2.56. The quantitative estimate of drug-likeness (QED) is 0.748. The summed E-state index contributed by atoms with van der Waals surface area (Å²) in [7, 11) is 0. The second-order valence-electron chi connectivity index (χ2n) is 3.58. The van der Waals surface area contributed by atoms with E-state index in [0.29, 0.717) is 5.02 Å². The van der Waals surface area contributed by atoms with Gasteiger partial charge >= 0.3 is 6.18 Å². The molecule has 1 heterocycles. The highest BCUT2D eigenvalue weighted by Gasteiger charge is 2.26. The van der Waals surface area contributed by atoms with Gasteiger partial charge in [0.05, 0.1) is 6.42 Å². The fraction of sp³-hybridized carbons (Fsp3) is 0.273. The molecule has 0 saturated carbocycles. The second kappa shape index (κ2) is 4.01. The smallest absolute Gasteiger partial charge is 0.347 e. The molecule has 16 heavy (non-hydrogen) atoms. The maximum absolute atomic E-state index is 12.1. The Kier molecular flexibility index (Phi) is 2.84. The highest BCUT2D eigenvalue weighted by Crippen LogP contribution is 2.24. The van der Waals surface area contributed by atoms with Crippen molar-refractivity contribution in [1.29, 1.82) is 0 Å². The van der Waals surface area contributed by atoms with Crippen molar-refractivity contribution in [2.75, 3.05) is 0 Å². The summed E-state index contributed by atoms with van der Waals surface area (Å²) in [5.41, 5.74) is 0.772. The minimum atomic E-state index is -4.12. The van der Waals surface area contributed by atoms with E-state index in [1.54, 1.807) is 35.0 Å². The van der Waals surface area contributed by atoms with Crippen LogP contribution in [0.3, 0.4) is 0 Å². The standard InChI is InChI=1S/C11H9ClF3N/c12-9-1-2-10-8(7-9)3-5-16(10)6-4-11(13,14)15/h1-3,5,7H,4,6H2. The fourth-order valence-electron chi connectivity index (χ4n) is 1.61. The lowest BCUT2D eigenvalue weighted by molar-refractivity contribution is -0.136. The summed E-state index contributed by atoms with van der Waals surface area (Å²) in [6.45, 7) is -0.0609. The summed E-state index contributed by atoms with van der Waals surface area (Å²) in [4.78, 5) is 0. The number of fused-ring (bicyclic) bond motifs is 1. The third-order valence-corrected chi connectivity index (χ3v) is 2.60. The first kappa shape index (κ1) is 11.3. The first-order valence-corrected chi connectivity index (χ1v) is 5.15. The normalized spacial score (nSPS) is 12.2. The Bertz CT molecular complexity index is 501. The van der Waals surface area contributed by atoms with Gasteiger partial charge in [0.2, 0.25) is 0 Å². The van der Waals surface area contributed by atoms with Gasteiger partial charge in [0.25, 0.3) is 0 Å². The molecule has 0 spiro atoms. The molecule has 0 saturated heterocycles. The van der Waals surface area contributed by atoms with Gasteiger partial charge in [0.15, 0.2) is 0 Å². The van der Waals surface area contributed by atoms with Crippen molar-refractivity contribution in [2.24, 2.45) is 0 Å². The van der Waals surface area contributed by atoms with Crippen LogP contribution in [0.1, 0.15) is 6.42 Å². The lowest BCUT2D eigenvalue weighted by Gasteiger charge is -2.08. The van der Waals surface area contributed by atoms with Gasteiger partial charge in [-0.3, -0.25) is 0 Å². The van der Waals surface area contributed by atoms with Crippen molar-refractivity contribution in [3.63, 3.8) is 0 Å². The summed E-state index contributed by atoms with van der Waals surface area (Å²) >= 11 is 5.79. The molecule has 0 amide bonds. The number of nitrogens with zero attached hydrogens (tertiary/aromatic N) is 1. The summed E-state index contributed by atoms with van der Waals surface area (Å²) in [6.07, 6.45) is -3.30. The van der Waals surface area contributed by atoms with E-state index in [0.717, 1.165) is 10.9 Å². The SMILES string of the molecule is FC(F)(F)CCn1ccc2cc(Cl)ccc21.